The van der Waals surface area contributed by atoms with Crippen LogP contribution in [0.4, 0.5) is 10.3 Å². The van der Waals surface area contributed by atoms with Gasteiger partial charge in [0.05, 0.1) is 17.7 Å². The average Bonchev–Trinajstić information content (AvgIpc) is 2.96. The van der Waals surface area contributed by atoms with Crippen molar-refractivity contribution in [3.63, 3.8) is 0 Å². The summed E-state index contributed by atoms with van der Waals surface area (Å²) >= 11 is 0. The van der Waals surface area contributed by atoms with Crippen molar-refractivity contribution in [3.8, 4) is 0 Å². The van der Waals surface area contributed by atoms with Crippen molar-refractivity contribution in [2.75, 3.05) is 18.5 Å². The molecule has 1 amide bonds. The predicted octanol–water partition coefficient (Wildman–Crippen LogP) is 2.90. The second-order valence-corrected chi connectivity index (χ2v) is 5.62. The Hall–Kier alpha value is -3.49. The third-order valence-electron chi connectivity index (χ3n) is 3.60. The number of benzene rings is 1. The number of anilines is 1. The van der Waals surface area contributed by atoms with Gasteiger partial charge in [0.25, 0.3) is 5.91 Å². The molecular formula is C19H18FNO7. The normalized spacial score (nSPS) is 10.3. The number of hydrogen-bond donors (Lipinski definition) is 1. The van der Waals surface area contributed by atoms with E-state index in [9.17, 15) is 23.6 Å². The molecule has 148 valence electrons. The van der Waals surface area contributed by atoms with E-state index >= 15 is 0 Å². The Kier molecular flexibility index (Phi) is 6.64. The third-order valence-corrected chi connectivity index (χ3v) is 3.60. The Bertz CT molecular complexity index is 932. The summed E-state index contributed by atoms with van der Waals surface area (Å²) in [4.78, 5) is 47.9. The maximum absolute atomic E-state index is 13.5. The first kappa shape index (κ1) is 20.8. The smallest absolute Gasteiger partial charge is 0.344 e. The van der Waals surface area contributed by atoms with Crippen LogP contribution in [-0.2, 0) is 14.3 Å². The highest BCUT2D eigenvalue weighted by Gasteiger charge is 2.29. The quantitative estimate of drug-likeness (QED) is 0.570. The predicted molar refractivity (Wildman–Crippen MR) is 94.7 cm³/mol. The standard InChI is InChI=1S/C19H18FNO7/c1-4-26-19(25)16-15(10(2)22)11(3)28-17(16)21-14(23)9-27-18(24)12-7-5-6-8-13(12)20/h5-8H,4,9H2,1-3H3,(H,21,23). The molecule has 2 aromatic rings. The highest BCUT2D eigenvalue weighted by atomic mass is 19.1. The van der Waals surface area contributed by atoms with Crippen molar-refractivity contribution in [1.29, 1.82) is 0 Å². The minimum Gasteiger partial charge on any atom is -0.462 e. The molecule has 28 heavy (non-hydrogen) atoms. The van der Waals surface area contributed by atoms with Gasteiger partial charge in [-0.05, 0) is 32.9 Å². The first-order chi connectivity index (χ1) is 13.3. The first-order valence-corrected chi connectivity index (χ1v) is 8.29. The lowest BCUT2D eigenvalue weighted by atomic mass is 10.1. The highest BCUT2D eigenvalue weighted by molar-refractivity contribution is 6.10. The molecule has 1 aromatic carbocycles. The SMILES string of the molecule is CCOC(=O)c1c(NC(=O)COC(=O)c2ccccc2F)oc(C)c1C(C)=O. The second kappa shape index (κ2) is 8.94. The Morgan fingerprint density at radius 1 is 1.07 bits per heavy atom. The number of carbonyl (C=O) groups excluding carboxylic acids is 4. The topological polar surface area (TPSA) is 112 Å². The zero-order valence-electron chi connectivity index (χ0n) is 15.5. The summed E-state index contributed by atoms with van der Waals surface area (Å²) in [6.07, 6.45) is 0. The maximum Gasteiger partial charge on any atom is 0.344 e. The summed E-state index contributed by atoms with van der Waals surface area (Å²) in [5.41, 5.74) is -0.562. The molecule has 2 rings (SSSR count). The van der Waals surface area contributed by atoms with Crippen molar-refractivity contribution in [3.05, 3.63) is 52.5 Å². The zero-order chi connectivity index (χ0) is 20.8. The van der Waals surface area contributed by atoms with Crippen molar-refractivity contribution >= 4 is 29.5 Å². The lowest BCUT2D eigenvalue weighted by Crippen LogP contribution is -2.22. The molecule has 1 aromatic heterocycles. The number of halogens is 1. The van der Waals surface area contributed by atoms with Crippen molar-refractivity contribution in [2.24, 2.45) is 0 Å². The zero-order valence-corrected chi connectivity index (χ0v) is 15.5. The van der Waals surface area contributed by atoms with Gasteiger partial charge in [-0.1, -0.05) is 12.1 Å². The number of aryl methyl sites for hydroxylation is 1. The molecule has 0 unspecified atom stereocenters. The molecule has 0 aliphatic carbocycles. The molecule has 0 atom stereocenters. The van der Waals surface area contributed by atoms with Crippen LogP contribution in [0.2, 0.25) is 0 Å². The molecule has 8 nitrogen and oxygen atoms in total. The fraction of sp³-hybridized carbons (Fsp3) is 0.263. The molecule has 0 saturated heterocycles. The molecule has 1 N–H and O–H groups in total. The lowest BCUT2D eigenvalue weighted by Gasteiger charge is -2.07. The van der Waals surface area contributed by atoms with Gasteiger partial charge in [-0.15, -0.1) is 0 Å². The second-order valence-electron chi connectivity index (χ2n) is 5.62. The lowest BCUT2D eigenvalue weighted by molar-refractivity contribution is -0.119. The van der Waals surface area contributed by atoms with Crippen molar-refractivity contribution < 1.29 is 37.5 Å². The van der Waals surface area contributed by atoms with Gasteiger partial charge in [-0.25, -0.2) is 14.0 Å². The van der Waals surface area contributed by atoms with E-state index < -0.39 is 36.1 Å². The van der Waals surface area contributed by atoms with Gasteiger partial charge < -0.3 is 13.9 Å². The maximum atomic E-state index is 13.5. The number of ketones is 1. The van der Waals surface area contributed by atoms with Gasteiger partial charge in [0.2, 0.25) is 5.88 Å². The van der Waals surface area contributed by atoms with Gasteiger partial charge in [0.15, 0.2) is 12.4 Å². The monoisotopic (exact) mass is 391 g/mol. The number of amides is 1. The van der Waals surface area contributed by atoms with Crippen LogP contribution in [0.5, 0.6) is 0 Å². The van der Waals surface area contributed by atoms with Crippen LogP contribution in [0.1, 0.15) is 50.7 Å². The summed E-state index contributed by atoms with van der Waals surface area (Å²) in [7, 11) is 0. The minimum atomic E-state index is -1.03. The van der Waals surface area contributed by atoms with Crippen LogP contribution in [-0.4, -0.2) is 36.8 Å². The number of rotatable bonds is 7. The molecule has 0 saturated carbocycles. The fourth-order valence-corrected chi connectivity index (χ4v) is 2.45. The van der Waals surface area contributed by atoms with Gasteiger partial charge in [-0.3, -0.25) is 14.9 Å². The number of carbonyl (C=O) groups is 4. The molecule has 0 radical (unpaired) electrons. The van der Waals surface area contributed by atoms with E-state index in [0.717, 1.165) is 6.07 Å². The van der Waals surface area contributed by atoms with Crippen LogP contribution in [0.3, 0.4) is 0 Å². The van der Waals surface area contributed by atoms with Gasteiger partial charge in [0, 0.05) is 0 Å². The van der Waals surface area contributed by atoms with Crippen LogP contribution >= 0.6 is 0 Å². The van der Waals surface area contributed by atoms with E-state index in [4.69, 9.17) is 13.9 Å². The Labute approximate surface area is 159 Å². The summed E-state index contributed by atoms with van der Waals surface area (Å²) in [6, 6.07) is 5.14. The van der Waals surface area contributed by atoms with E-state index in [2.05, 4.69) is 5.32 Å². The van der Waals surface area contributed by atoms with Crippen molar-refractivity contribution in [1.82, 2.24) is 0 Å². The molecule has 0 fully saturated rings. The van der Waals surface area contributed by atoms with Crippen molar-refractivity contribution in [2.45, 2.75) is 20.8 Å². The largest absolute Gasteiger partial charge is 0.462 e. The number of furan rings is 1. The Morgan fingerprint density at radius 2 is 1.75 bits per heavy atom. The van der Waals surface area contributed by atoms with E-state index in [1.807, 2.05) is 0 Å². The number of hydrogen-bond acceptors (Lipinski definition) is 7. The average molecular weight is 391 g/mol. The van der Waals surface area contributed by atoms with Crippen LogP contribution in [0, 0.1) is 12.7 Å². The number of ether oxygens (including phenoxy) is 2. The first-order valence-electron chi connectivity index (χ1n) is 8.29. The van der Waals surface area contributed by atoms with Gasteiger partial charge in [-0.2, -0.15) is 0 Å². The molecule has 1 heterocycles. The fourth-order valence-electron chi connectivity index (χ4n) is 2.45. The van der Waals surface area contributed by atoms with Crippen LogP contribution in [0.15, 0.2) is 28.7 Å². The van der Waals surface area contributed by atoms with E-state index in [0.29, 0.717) is 0 Å². The molecule has 9 heteroatoms. The van der Waals surface area contributed by atoms with Gasteiger partial charge >= 0.3 is 11.9 Å². The van der Waals surface area contributed by atoms with Crippen LogP contribution in [0.25, 0.3) is 0 Å². The Morgan fingerprint density at radius 3 is 2.36 bits per heavy atom. The summed E-state index contributed by atoms with van der Waals surface area (Å²) in [5.74, 6) is -4.13. The van der Waals surface area contributed by atoms with E-state index in [1.54, 1.807) is 6.92 Å². The van der Waals surface area contributed by atoms with Gasteiger partial charge in [0.1, 0.15) is 17.1 Å². The van der Waals surface area contributed by atoms with E-state index in [1.165, 1.54) is 32.0 Å². The van der Waals surface area contributed by atoms with E-state index in [-0.39, 0.29) is 34.9 Å². The number of Topliss-reactive ketones (excluding diaryl/α,β-unsaturated/α-hetero) is 1. The highest BCUT2D eigenvalue weighted by Crippen LogP contribution is 2.28. The Balaban J connectivity index is 2.14. The number of nitrogens with one attached hydrogen (secondary N) is 1. The minimum absolute atomic E-state index is 0.0166. The molecular weight excluding hydrogens is 373 g/mol. The summed E-state index contributed by atoms with van der Waals surface area (Å²) < 4.78 is 28.5. The molecule has 0 aliphatic heterocycles. The molecule has 0 spiro atoms. The molecule has 0 aliphatic rings. The number of esters is 2. The van der Waals surface area contributed by atoms with Crippen LogP contribution < -0.4 is 5.32 Å². The summed E-state index contributed by atoms with van der Waals surface area (Å²) in [6.45, 7) is 3.56. The third kappa shape index (κ3) is 4.61. The molecule has 0 bridgehead atoms. The summed E-state index contributed by atoms with van der Waals surface area (Å²) in [5, 5.41) is 2.26.